The van der Waals surface area contributed by atoms with E-state index in [9.17, 15) is 4.79 Å². The van der Waals surface area contributed by atoms with Gasteiger partial charge in [-0.25, -0.2) is 0 Å². The van der Waals surface area contributed by atoms with Crippen molar-refractivity contribution >= 4 is 35.8 Å². The molecule has 0 radical (unpaired) electrons. The second-order valence-electron chi connectivity index (χ2n) is 6.84. The van der Waals surface area contributed by atoms with Gasteiger partial charge in [0.25, 0.3) is 0 Å². The van der Waals surface area contributed by atoms with E-state index in [1.165, 1.54) is 0 Å². The number of nitrogens with zero attached hydrogens (tertiary/aromatic N) is 3. The van der Waals surface area contributed by atoms with Gasteiger partial charge in [-0.1, -0.05) is 26.7 Å². The second-order valence-corrected chi connectivity index (χ2v) is 6.84. The molecule has 1 saturated carbocycles. The Morgan fingerprint density at radius 2 is 1.68 bits per heavy atom. The Bertz CT molecular complexity index is 404. The Kier molecular flexibility index (Phi) is 12.4. The van der Waals surface area contributed by atoms with Gasteiger partial charge in [0.15, 0.2) is 5.96 Å². The largest absolute Gasteiger partial charge is 0.357 e. The summed E-state index contributed by atoms with van der Waals surface area (Å²) < 4.78 is 0. The van der Waals surface area contributed by atoms with Gasteiger partial charge >= 0.3 is 0 Å². The molecule has 0 heterocycles. The summed E-state index contributed by atoms with van der Waals surface area (Å²) in [6.45, 7) is 11.8. The van der Waals surface area contributed by atoms with Crippen molar-refractivity contribution in [1.82, 2.24) is 20.4 Å². The van der Waals surface area contributed by atoms with Crippen LogP contribution in [-0.2, 0) is 4.79 Å². The first-order valence-electron chi connectivity index (χ1n) is 9.45. The average Bonchev–Trinajstić information content (AvgIpc) is 3.05. The lowest BCUT2D eigenvalue weighted by molar-refractivity contribution is -0.138. The fourth-order valence-electron chi connectivity index (χ4n) is 3.41. The molecule has 7 heteroatoms. The molecule has 1 fully saturated rings. The molecule has 2 N–H and O–H groups in total. The van der Waals surface area contributed by atoms with E-state index in [0.717, 1.165) is 64.4 Å². The summed E-state index contributed by atoms with van der Waals surface area (Å²) >= 11 is 0. The smallest absolute Gasteiger partial charge is 0.230 e. The number of nitrogens with one attached hydrogen (secondary N) is 2. The van der Waals surface area contributed by atoms with Gasteiger partial charge < -0.3 is 20.4 Å². The number of amides is 1. The highest BCUT2D eigenvalue weighted by Crippen LogP contribution is 2.39. The summed E-state index contributed by atoms with van der Waals surface area (Å²) in [5, 5.41) is 6.70. The molecule has 0 saturated heterocycles. The van der Waals surface area contributed by atoms with Crippen molar-refractivity contribution in [2.45, 2.75) is 46.5 Å². The van der Waals surface area contributed by atoms with Crippen LogP contribution in [0.4, 0.5) is 0 Å². The van der Waals surface area contributed by atoms with E-state index in [-0.39, 0.29) is 35.3 Å². The Balaban J connectivity index is 0.00000576. The Hall–Kier alpha value is -0.570. The van der Waals surface area contributed by atoms with Crippen LogP contribution in [0.3, 0.4) is 0 Å². The Morgan fingerprint density at radius 3 is 2.16 bits per heavy atom. The number of aliphatic imine (C=N–C) groups is 1. The molecule has 0 aliphatic heterocycles. The summed E-state index contributed by atoms with van der Waals surface area (Å²) in [4.78, 5) is 21.5. The van der Waals surface area contributed by atoms with E-state index in [0.29, 0.717) is 6.54 Å². The third-order valence-corrected chi connectivity index (χ3v) is 4.92. The molecule has 0 unspecified atom stereocenters. The molecule has 0 aromatic rings. The van der Waals surface area contributed by atoms with Gasteiger partial charge in [0.05, 0.1) is 12.0 Å². The molecule has 1 rings (SSSR count). The van der Waals surface area contributed by atoms with Crippen molar-refractivity contribution in [3.8, 4) is 0 Å². The standard InChI is InChI=1S/C18H37N5O.HI/c1-6-19-17(20-13-14-23(7-2)8-3)21-15-18(11-9-10-12-18)16(24)22(4)5;/h6-15H2,1-5H3,(H2,19,20,21);1H. The lowest BCUT2D eigenvalue weighted by Gasteiger charge is -2.29. The molecule has 0 bridgehead atoms. The maximum atomic E-state index is 12.6. The summed E-state index contributed by atoms with van der Waals surface area (Å²) in [5.41, 5.74) is -0.301. The molecule has 148 valence electrons. The van der Waals surface area contributed by atoms with Crippen LogP contribution in [0.5, 0.6) is 0 Å². The van der Waals surface area contributed by atoms with Crippen LogP contribution in [-0.4, -0.2) is 75.0 Å². The fourth-order valence-corrected chi connectivity index (χ4v) is 3.41. The van der Waals surface area contributed by atoms with Crippen molar-refractivity contribution in [3.05, 3.63) is 0 Å². The second kappa shape index (κ2) is 12.7. The first-order chi connectivity index (χ1) is 11.5. The van der Waals surface area contributed by atoms with Gasteiger partial charge in [0.2, 0.25) is 5.91 Å². The number of carbonyl (C=O) groups excluding carboxylic acids is 1. The summed E-state index contributed by atoms with van der Waals surface area (Å²) in [6, 6.07) is 0. The van der Waals surface area contributed by atoms with Crippen LogP contribution < -0.4 is 10.6 Å². The molecule has 25 heavy (non-hydrogen) atoms. The lowest BCUT2D eigenvalue weighted by Crippen LogP contribution is -2.44. The molecule has 0 spiro atoms. The zero-order valence-corrected chi connectivity index (χ0v) is 19.1. The maximum absolute atomic E-state index is 12.6. The van der Waals surface area contributed by atoms with Crippen molar-refractivity contribution in [2.75, 3.05) is 53.4 Å². The van der Waals surface area contributed by atoms with Crippen LogP contribution in [0.25, 0.3) is 0 Å². The summed E-state index contributed by atoms with van der Waals surface area (Å²) in [5.74, 6) is 1.05. The number of hydrogen-bond acceptors (Lipinski definition) is 3. The van der Waals surface area contributed by atoms with Crippen molar-refractivity contribution in [3.63, 3.8) is 0 Å². The zero-order valence-electron chi connectivity index (χ0n) is 16.7. The van der Waals surface area contributed by atoms with Gasteiger partial charge in [-0.15, -0.1) is 24.0 Å². The van der Waals surface area contributed by atoms with E-state index in [2.05, 4.69) is 36.3 Å². The predicted octanol–water partition coefficient (Wildman–Crippen LogP) is 2.15. The molecule has 0 aromatic heterocycles. The number of hydrogen-bond donors (Lipinski definition) is 2. The molecular formula is C18H38IN5O. The number of carbonyl (C=O) groups is 1. The minimum absolute atomic E-state index is 0. The van der Waals surface area contributed by atoms with E-state index in [1.807, 2.05) is 14.1 Å². The van der Waals surface area contributed by atoms with Crippen LogP contribution >= 0.6 is 24.0 Å². The SMILES string of the molecule is CCNC(=NCC1(C(=O)N(C)C)CCCC1)NCCN(CC)CC.I. The van der Waals surface area contributed by atoms with E-state index in [1.54, 1.807) is 4.90 Å². The van der Waals surface area contributed by atoms with Crippen molar-refractivity contribution in [1.29, 1.82) is 0 Å². The minimum Gasteiger partial charge on any atom is -0.357 e. The molecule has 0 aromatic carbocycles. The Morgan fingerprint density at radius 1 is 1.08 bits per heavy atom. The van der Waals surface area contributed by atoms with Gasteiger partial charge in [0, 0.05) is 33.7 Å². The van der Waals surface area contributed by atoms with E-state index < -0.39 is 0 Å². The number of likely N-dealkylation sites (N-methyl/N-ethyl adjacent to an activating group) is 1. The highest BCUT2D eigenvalue weighted by molar-refractivity contribution is 14.0. The predicted molar refractivity (Wildman–Crippen MR) is 117 cm³/mol. The van der Waals surface area contributed by atoms with Crippen LogP contribution in [0.1, 0.15) is 46.5 Å². The number of guanidine groups is 1. The third kappa shape index (κ3) is 7.68. The number of rotatable bonds is 9. The van der Waals surface area contributed by atoms with E-state index >= 15 is 0 Å². The van der Waals surface area contributed by atoms with Crippen LogP contribution in [0, 0.1) is 5.41 Å². The summed E-state index contributed by atoms with van der Waals surface area (Å²) in [6.07, 6.45) is 4.15. The van der Waals surface area contributed by atoms with Gasteiger partial charge in [-0.2, -0.15) is 0 Å². The molecule has 0 atom stereocenters. The van der Waals surface area contributed by atoms with Crippen molar-refractivity contribution in [2.24, 2.45) is 10.4 Å². The topological polar surface area (TPSA) is 60.0 Å². The maximum Gasteiger partial charge on any atom is 0.230 e. The quantitative estimate of drug-likeness (QED) is 0.310. The lowest BCUT2D eigenvalue weighted by atomic mass is 9.85. The number of halogens is 1. The highest BCUT2D eigenvalue weighted by Gasteiger charge is 2.41. The minimum atomic E-state index is -0.301. The highest BCUT2D eigenvalue weighted by atomic mass is 127. The Labute approximate surface area is 171 Å². The van der Waals surface area contributed by atoms with E-state index in [4.69, 9.17) is 4.99 Å². The first-order valence-corrected chi connectivity index (χ1v) is 9.45. The normalized spacial score (nSPS) is 16.5. The molecule has 1 aliphatic rings. The summed E-state index contributed by atoms with van der Waals surface area (Å²) in [7, 11) is 3.69. The molecule has 1 aliphatic carbocycles. The molecular weight excluding hydrogens is 429 g/mol. The zero-order chi connectivity index (χ0) is 18.0. The monoisotopic (exact) mass is 467 g/mol. The first kappa shape index (κ1) is 24.4. The average molecular weight is 467 g/mol. The van der Waals surface area contributed by atoms with Crippen LogP contribution in [0.15, 0.2) is 4.99 Å². The van der Waals surface area contributed by atoms with Gasteiger partial charge in [-0.3, -0.25) is 9.79 Å². The van der Waals surface area contributed by atoms with Crippen molar-refractivity contribution < 1.29 is 4.79 Å². The van der Waals surface area contributed by atoms with Gasteiger partial charge in [0.1, 0.15) is 0 Å². The van der Waals surface area contributed by atoms with Crippen LogP contribution in [0.2, 0.25) is 0 Å². The third-order valence-electron chi connectivity index (χ3n) is 4.92. The fraction of sp³-hybridized carbons (Fsp3) is 0.889. The van der Waals surface area contributed by atoms with Gasteiger partial charge in [-0.05, 0) is 32.9 Å². The molecule has 1 amide bonds. The molecule has 6 nitrogen and oxygen atoms in total.